The van der Waals surface area contributed by atoms with Gasteiger partial charge in [-0.2, -0.15) is 0 Å². The molecule has 0 N–H and O–H groups in total. The fourth-order valence-corrected chi connectivity index (χ4v) is 1.76. The lowest BCUT2D eigenvalue weighted by Gasteiger charge is -2.10. The van der Waals surface area contributed by atoms with Gasteiger partial charge in [0.05, 0.1) is 0 Å². The predicted octanol–water partition coefficient (Wildman–Crippen LogP) is 5.59. The van der Waals surface area contributed by atoms with Crippen LogP contribution in [0.4, 0.5) is 0 Å². The first kappa shape index (κ1) is 15.0. The zero-order chi connectivity index (χ0) is 12.4. The first-order valence-electron chi connectivity index (χ1n) is 6.29. The largest absolute Gasteiger partial charge is 0.0991 e. The van der Waals surface area contributed by atoms with Gasteiger partial charge in [0, 0.05) is 0 Å². The molecule has 90 valence electrons. The second-order valence-electron chi connectivity index (χ2n) is 4.28. The minimum absolute atomic E-state index is 1.19. The van der Waals surface area contributed by atoms with E-state index in [0.29, 0.717) is 0 Å². The smallest absolute Gasteiger partial charge is 0.0241 e. The highest BCUT2D eigenvalue weighted by atomic mass is 14.1. The zero-order valence-corrected chi connectivity index (χ0v) is 11.3. The Hall–Kier alpha value is -1.04. The molecule has 0 atom stereocenters. The Morgan fingerprint density at radius 1 is 1.19 bits per heavy atom. The monoisotopic (exact) mass is 218 g/mol. The third kappa shape index (κ3) is 5.75. The van der Waals surface area contributed by atoms with Crippen LogP contribution in [0.1, 0.15) is 53.4 Å². The van der Waals surface area contributed by atoms with Gasteiger partial charge in [-0.05, 0) is 44.8 Å². The topological polar surface area (TPSA) is 0 Å². The SMILES string of the molecule is C=C/C=C\C(=C(C)C)/C(=C\C)CCCCC. The molecule has 0 heterocycles. The van der Waals surface area contributed by atoms with Crippen molar-refractivity contribution in [1.29, 1.82) is 0 Å². The summed E-state index contributed by atoms with van der Waals surface area (Å²) < 4.78 is 0. The standard InChI is InChI=1S/C16H26/c1-6-9-11-12-15(8-3)16(14(4)5)13-10-7-2/h7-8,10,13H,2,6,9,11-12H2,1,3-5H3/b13-10-,15-8-. The molecule has 0 aromatic carbocycles. The van der Waals surface area contributed by atoms with Gasteiger partial charge in [0.15, 0.2) is 0 Å². The number of unbranched alkanes of at least 4 members (excludes halogenated alkanes) is 2. The minimum Gasteiger partial charge on any atom is -0.0991 e. The summed E-state index contributed by atoms with van der Waals surface area (Å²) in [6.07, 6.45) is 13.3. The van der Waals surface area contributed by atoms with Crippen LogP contribution < -0.4 is 0 Å². The molecule has 0 unspecified atom stereocenters. The van der Waals surface area contributed by atoms with E-state index in [0.717, 1.165) is 0 Å². The molecular weight excluding hydrogens is 192 g/mol. The normalized spacial score (nSPS) is 11.9. The highest BCUT2D eigenvalue weighted by Gasteiger charge is 2.02. The molecule has 0 fully saturated rings. The van der Waals surface area contributed by atoms with E-state index in [2.05, 4.69) is 46.4 Å². The van der Waals surface area contributed by atoms with Crippen LogP contribution in [0.25, 0.3) is 0 Å². The molecule has 0 amide bonds. The molecule has 0 aliphatic carbocycles. The van der Waals surface area contributed by atoms with Crippen LogP contribution in [-0.4, -0.2) is 0 Å². The van der Waals surface area contributed by atoms with Crippen molar-refractivity contribution < 1.29 is 0 Å². The summed E-state index contributed by atoms with van der Waals surface area (Å²) in [7, 11) is 0. The van der Waals surface area contributed by atoms with E-state index >= 15 is 0 Å². The van der Waals surface area contributed by atoms with Crippen molar-refractivity contribution in [2.75, 3.05) is 0 Å². The molecular formula is C16H26. The van der Waals surface area contributed by atoms with Crippen LogP contribution in [0, 0.1) is 0 Å². The molecule has 0 saturated heterocycles. The lowest BCUT2D eigenvalue weighted by molar-refractivity contribution is 0.716. The third-order valence-corrected chi connectivity index (χ3v) is 2.68. The fourth-order valence-electron chi connectivity index (χ4n) is 1.76. The van der Waals surface area contributed by atoms with Crippen LogP contribution in [0.5, 0.6) is 0 Å². The Bertz CT molecular complexity index is 283. The van der Waals surface area contributed by atoms with Gasteiger partial charge in [0.25, 0.3) is 0 Å². The lowest BCUT2D eigenvalue weighted by Crippen LogP contribution is -1.91. The Labute approximate surface area is 101 Å². The van der Waals surface area contributed by atoms with Gasteiger partial charge in [-0.1, -0.05) is 56.2 Å². The van der Waals surface area contributed by atoms with E-state index < -0.39 is 0 Å². The molecule has 0 heteroatoms. The minimum atomic E-state index is 1.19. The summed E-state index contributed by atoms with van der Waals surface area (Å²) in [4.78, 5) is 0. The van der Waals surface area contributed by atoms with E-state index in [-0.39, 0.29) is 0 Å². The van der Waals surface area contributed by atoms with Crippen molar-refractivity contribution in [3.8, 4) is 0 Å². The molecule has 0 saturated carbocycles. The van der Waals surface area contributed by atoms with Gasteiger partial charge < -0.3 is 0 Å². The van der Waals surface area contributed by atoms with Crippen molar-refractivity contribution in [2.24, 2.45) is 0 Å². The van der Waals surface area contributed by atoms with Crippen molar-refractivity contribution in [3.63, 3.8) is 0 Å². The Kier molecular flexibility index (Phi) is 8.61. The van der Waals surface area contributed by atoms with E-state index in [4.69, 9.17) is 0 Å². The predicted molar refractivity (Wildman–Crippen MR) is 75.6 cm³/mol. The molecule has 0 spiro atoms. The summed E-state index contributed by atoms with van der Waals surface area (Å²) in [5.41, 5.74) is 4.22. The van der Waals surface area contributed by atoms with Crippen LogP contribution in [0.2, 0.25) is 0 Å². The molecule has 0 aliphatic heterocycles. The number of hydrogen-bond acceptors (Lipinski definition) is 0. The maximum absolute atomic E-state index is 3.72. The van der Waals surface area contributed by atoms with Gasteiger partial charge in [-0.25, -0.2) is 0 Å². The number of rotatable bonds is 7. The Morgan fingerprint density at radius 2 is 1.88 bits per heavy atom. The van der Waals surface area contributed by atoms with Gasteiger partial charge in [0.2, 0.25) is 0 Å². The first-order valence-corrected chi connectivity index (χ1v) is 6.29. The van der Waals surface area contributed by atoms with Crippen molar-refractivity contribution in [3.05, 3.63) is 47.6 Å². The number of hydrogen-bond donors (Lipinski definition) is 0. The Morgan fingerprint density at radius 3 is 2.31 bits per heavy atom. The molecule has 0 rings (SSSR count). The summed E-state index contributed by atoms with van der Waals surface area (Å²) in [5, 5.41) is 0. The van der Waals surface area contributed by atoms with Crippen LogP contribution in [0.15, 0.2) is 47.6 Å². The van der Waals surface area contributed by atoms with Gasteiger partial charge in [-0.15, -0.1) is 0 Å². The average Bonchev–Trinajstić information content (AvgIpc) is 2.26. The summed E-state index contributed by atoms with van der Waals surface area (Å²) in [6.45, 7) is 12.4. The maximum Gasteiger partial charge on any atom is -0.0241 e. The quantitative estimate of drug-likeness (QED) is 0.386. The van der Waals surface area contributed by atoms with Gasteiger partial charge in [0.1, 0.15) is 0 Å². The van der Waals surface area contributed by atoms with Gasteiger partial charge >= 0.3 is 0 Å². The second kappa shape index (κ2) is 9.21. The molecule has 0 bridgehead atoms. The lowest BCUT2D eigenvalue weighted by atomic mass is 9.95. The van der Waals surface area contributed by atoms with E-state index in [1.807, 2.05) is 12.2 Å². The molecule has 0 aliphatic rings. The molecule has 0 radical (unpaired) electrons. The highest BCUT2D eigenvalue weighted by molar-refractivity contribution is 5.43. The van der Waals surface area contributed by atoms with E-state index in [9.17, 15) is 0 Å². The maximum atomic E-state index is 3.72. The van der Waals surface area contributed by atoms with Crippen molar-refractivity contribution in [2.45, 2.75) is 53.4 Å². The van der Waals surface area contributed by atoms with E-state index in [1.54, 1.807) is 0 Å². The van der Waals surface area contributed by atoms with Gasteiger partial charge in [-0.3, -0.25) is 0 Å². The van der Waals surface area contributed by atoms with Crippen molar-refractivity contribution in [1.82, 2.24) is 0 Å². The second-order valence-corrected chi connectivity index (χ2v) is 4.28. The van der Waals surface area contributed by atoms with Crippen LogP contribution in [-0.2, 0) is 0 Å². The number of allylic oxidation sites excluding steroid dienone is 7. The fraction of sp³-hybridized carbons (Fsp3) is 0.500. The molecule has 16 heavy (non-hydrogen) atoms. The average molecular weight is 218 g/mol. The highest BCUT2D eigenvalue weighted by Crippen LogP contribution is 2.22. The first-order chi connectivity index (χ1) is 7.67. The molecule has 0 aromatic heterocycles. The van der Waals surface area contributed by atoms with Crippen LogP contribution in [0.3, 0.4) is 0 Å². The van der Waals surface area contributed by atoms with E-state index in [1.165, 1.54) is 42.4 Å². The van der Waals surface area contributed by atoms with Crippen LogP contribution >= 0.6 is 0 Å². The summed E-state index contributed by atoms with van der Waals surface area (Å²) in [6, 6.07) is 0. The molecule has 0 nitrogen and oxygen atoms in total. The zero-order valence-electron chi connectivity index (χ0n) is 11.3. The molecule has 0 aromatic rings. The Balaban J connectivity index is 4.70. The summed E-state index contributed by atoms with van der Waals surface area (Å²) in [5.74, 6) is 0. The summed E-state index contributed by atoms with van der Waals surface area (Å²) >= 11 is 0. The van der Waals surface area contributed by atoms with Crippen molar-refractivity contribution >= 4 is 0 Å². The third-order valence-electron chi connectivity index (χ3n) is 2.68.